The highest BCUT2D eigenvalue weighted by Crippen LogP contribution is 1.97. The minimum atomic E-state index is -0.516. The van der Waals surface area contributed by atoms with E-state index in [4.69, 9.17) is 0 Å². The van der Waals surface area contributed by atoms with Crippen LogP contribution in [0.4, 0.5) is 0 Å². The number of carbonyl (C=O) groups is 1. The predicted molar refractivity (Wildman–Crippen MR) is 71.0 cm³/mol. The minimum absolute atomic E-state index is 0.121. The minimum Gasteiger partial charge on any atom is -0.347 e. The molecule has 0 aliphatic rings. The Hall–Kier alpha value is -2.64. The van der Waals surface area contributed by atoms with E-state index < -0.39 is 11.2 Å². The molecule has 106 valence electrons. The molecule has 0 unspecified atom stereocenters. The van der Waals surface area contributed by atoms with E-state index in [1.807, 2.05) is 0 Å². The highest BCUT2D eigenvalue weighted by atomic mass is 16.2. The summed E-state index contributed by atoms with van der Waals surface area (Å²) in [7, 11) is 3.00. The molecule has 0 aromatic carbocycles. The number of aromatic amines is 1. The topological polar surface area (TPSA) is 93.0 Å². The van der Waals surface area contributed by atoms with Crippen molar-refractivity contribution in [1.29, 1.82) is 0 Å². The fourth-order valence-electron chi connectivity index (χ4n) is 1.70. The van der Waals surface area contributed by atoms with Gasteiger partial charge in [-0.2, -0.15) is 0 Å². The lowest BCUT2D eigenvalue weighted by molar-refractivity contribution is -0.131. The third kappa shape index (κ3) is 2.85. The number of imidazole rings is 1. The Bertz CT molecular complexity index is 713. The maximum absolute atomic E-state index is 12.0. The van der Waals surface area contributed by atoms with E-state index in [1.54, 1.807) is 19.4 Å². The van der Waals surface area contributed by atoms with Crippen LogP contribution in [-0.4, -0.2) is 37.0 Å². The average molecular weight is 277 g/mol. The van der Waals surface area contributed by atoms with Gasteiger partial charge in [0, 0.05) is 38.8 Å². The van der Waals surface area contributed by atoms with Crippen molar-refractivity contribution < 1.29 is 4.79 Å². The van der Waals surface area contributed by atoms with E-state index in [0.29, 0.717) is 12.4 Å². The summed E-state index contributed by atoms with van der Waals surface area (Å²) in [6.45, 7) is 0.205. The van der Waals surface area contributed by atoms with Gasteiger partial charge in [0.25, 0.3) is 5.56 Å². The van der Waals surface area contributed by atoms with Crippen molar-refractivity contribution in [2.45, 2.75) is 13.1 Å². The summed E-state index contributed by atoms with van der Waals surface area (Å²) in [5.74, 6) is 0.413. The van der Waals surface area contributed by atoms with Gasteiger partial charge in [-0.1, -0.05) is 0 Å². The molecule has 8 heteroatoms. The van der Waals surface area contributed by atoms with Gasteiger partial charge in [-0.3, -0.25) is 18.7 Å². The summed E-state index contributed by atoms with van der Waals surface area (Å²) in [5, 5.41) is 0. The van der Waals surface area contributed by atoms with Crippen LogP contribution in [0.1, 0.15) is 5.82 Å². The molecule has 0 saturated carbocycles. The molecule has 0 aliphatic heterocycles. The van der Waals surface area contributed by atoms with Gasteiger partial charge in [0.2, 0.25) is 5.91 Å². The zero-order chi connectivity index (χ0) is 14.7. The molecule has 8 nitrogen and oxygen atoms in total. The highest BCUT2D eigenvalue weighted by molar-refractivity contribution is 5.75. The molecule has 0 atom stereocenters. The normalized spacial score (nSPS) is 10.5. The van der Waals surface area contributed by atoms with Gasteiger partial charge in [-0.05, 0) is 0 Å². The standard InChI is InChI=1S/C12H15N5O3/c1-15(7-9-13-4-5-14-9)11(19)8-17-6-3-10(18)16(2)12(17)20/h3-6H,7-8H2,1-2H3,(H,13,14). The van der Waals surface area contributed by atoms with E-state index in [2.05, 4.69) is 9.97 Å². The van der Waals surface area contributed by atoms with Gasteiger partial charge in [0.1, 0.15) is 12.4 Å². The van der Waals surface area contributed by atoms with E-state index in [0.717, 1.165) is 4.57 Å². The molecule has 2 aromatic heterocycles. The van der Waals surface area contributed by atoms with Crippen LogP contribution in [0, 0.1) is 0 Å². The first-order chi connectivity index (χ1) is 9.49. The molecular weight excluding hydrogens is 262 g/mol. The molecule has 0 bridgehead atoms. The van der Waals surface area contributed by atoms with E-state index >= 15 is 0 Å². The van der Waals surface area contributed by atoms with Gasteiger partial charge >= 0.3 is 5.69 Å². The Kier molecular flexibility index (Phi) is 3.83. The Balaban J connectivity index is 2.10. The molecule has 0 fully saturated rings. The van der Waals surface area contributed by atoms with Gasteiger partial charge in [-0.15, -0.1) is 0 Å². The average Bonchev–Trinajstić information content (AvgIpc) is 2.92. The quantitative estimate of drug-likeness (QED) is 0.770. The van der Waals surface area contributed by atoms with Crippen LogP contribution < -0.4 is 11.2 Å². The van der Waals surface area contributed by atoms with Crippen LogP contribution in [0.15, 0.2) is 34.2 Å². The molecule has 0 spiro atoms. The summed E-state index contributed by atoms with van der Waals surface area (Å²) in [5.41, 5.74) is -0.917. The highest BCUT2D eigenvalue weighted by Gasteiger charge is 2.12. The molecule has 2 heterocycles. The summed E-state index contributed by atoms with van der Waals surface area (Å²) in [6, 6.07) is 1.25. The monoisotopic (exact) mass is 277 g/mol. The molecular formula is C12H15N5O3. The van der Waals surface area contributed by atoms with Crippen molar-refractivity contribution in [2.75, 3.05) is 7.05 Å². The lowest BCUT2D eigenvalue weighted by Gasteiger charge is -2.16. The number of H-pyrrole nitrogens is 1. The van der Waals surface area contributed by atoms with Crippen molar-refractivity contribution in [3.63, 3.8) is 0 Å². The van der Waals surface area contributed by atoms with Crippen LogP contribution in [-0.2, 0) is 24.9 Å². The Labute approximate surface area is 114 Å². The molecule has 20 heavy (non-hydrogen) atoms. The molecule has 2 aromatic rings. The van der Waals surface area contributed by atoms with Gasteiger partial charge in [0.15, 0.2) is 0 Å². The second kappa shape index (κ2) is 5.55. The van der Waals surface area contributed by atoms with Crippen LogP contribution in [0.5, 0.6) is 0 Å². The molecule has 2 rings (SSSR count). The first kappa shape index (κ1) is 13.8. The van der Waals surface area contributed by atoms with Crippen LogP contribution >= 0.6 is 0 Å². The van der Waals surface area contributed by atoms with E-state index in [9.17, 15) is 14.4 Å². The zero-order valence-electron chi connectivity index (χ0n) is 11.2. The number of rotatable bonds is 4. The zero-order valence-corrected chi connectivity index (χ0v) is 11.2. The third-order valence-corrected chi connectivity index (χ3v) is 2.93. The van der Waals surface area contributed by atoms with E-state index in [1.165, 1.54) is 28.8 Å². The molecule has 0 aliphatic carbocycles. The Morgan fingerprint density at radius 2 is 2.20 bits per heavy atom. The van der Waals surface area contributed by atoms with Crippen molar-refractivity contribution >= 4 is 5.91 Å². The summed E-state index contributed by atoms with van der Waals surface area (Å²) in [4.78, 5) is 43.5. The molecule has 0 radical (unpaired) electrons. The van der Waals surface area contributed by atoms with Crippen LogP contribution in [0.2, 0.25) is 0 Å². The number of nitrogens with one attached hydrogen (secondary N) is 1. The van der Waals surface area contributed by atoms with Crippen molar-refractivity contribution in [2.24, 2.45) is 7.05 Å². The number of hydrogen-bond donors (Lipinski definition) is 1. The van der Waals surface area contributed by atoms with Crippen molar-refractivity contribution in [3.05, 3.63) is 51.3 Å². The number of likely N-dealkylation sites (N-methyl/N-ethyl adjacent to an activating group) is 1. The Morgan fingerprint density at radius 1 is 1.45 bits per heavy atom. The first-order valence-corrected chi connectivity index (χ1v) is 5.97. The fraction of sp³-hybridized carbons (Fsp3) is 0.333. The number of hydrogen-bond acceptors (Lipinski definition) is 4. The third-order valence-electron chi connectivity index (χ3n) is 2.93. The van der Waals surface area contributed by atoms with Gasteiger partial charge in [0.05, 0.1) is 6.54 Å². The SMILES string of the molecule is CN(Cc1ncc[nH]1)C(=O)Cn1ccc(=O)n(C)c1=O. The summed E-state index contributed by atoms with van der Waals surface area (Å²) < 4.78 is 2.15. The maximum Gasteiger partial charge on any atom is 0.331 e. The number of amides is 1. The maximum atomic E-state index is 12.0. The Morgan fingerprint density at radius 3 is 2.85 bits per heavy atom. The predicted octanol–water partition coefficient (Wildman–Crippen LogP) is -1.07. The fourth-order valence-corrected chi connectivity index (χ4v) is 1.70. The van der Waals surface area contributed by atoms with E-state index in [-0.39, 0.29) is 12.5 Å². The molecule has 1 N–H and O–H groups in total. The number of aromatic nitrogens is 4. The second-order valence-corrected chi connectivity index (χ2v) is 4.41. The summed E-state index contributed by atoms with van der Waals surface area (Å²) in [6.07, 6.45) is 4.60. The summed E-state index contributed by atoms with van der Waals surface area (Å²) >= 11 is 0. The van der Waals surface area contributed by atoms with Crippen LogP contribution in [0.3, 0.4) is 0 Å². The second-order valence-electron chi connectivity index (χ2n) is 4.41. The largest absolute Gasteiger partial charge is 0.347 e. The smallest absolute Gasteiger partial charge is 0.331 e. The van der Waals surface area contributed by atoms with Gasteiger partial charge in [-0.25, -0.2) is 9.78 Å². The number of carbonyl (C=O) groups excluding carboxylic acids is 1. The lowest BCUT2D eigenvalue weighted by atomic mass is 10.4. The first-order valence-electron chi connectivity index (χ1n) is 5.97. The molecule has 0 saturated heterocycles. The number of nitrogens with zero attached hydrogens (tertiary/aromatic N) is 4. The van der Waals surface area contributed by atoms with Crippen molar-refractivity contribution in [3.8, 4) is 0 Å². The van der Waals surface area contributed by atoms with Gasteiger partial charge < -0.3 is 9.88 Å². The van der Waals surface area contributed by atoms with Crippen LogP contribution in [0.25, 0.3) is 0 Å². The van der Waals surface area contributed by atoms with Crippen molar-refractivity contribution in [1.82, 2.24) is 24.0 Å². The molecule has 1 amide bonds. The lowest BCUT2D eigenvalue weighted by Crippen LogP contribution is -2.40.